The van der Waals surface area contributed by atoms with E-state index in [0.29, 0.717) is 37.7 Å². The summed E-state index contributed by atoms with van der Waals surface area (Å²) >= 11 is 0. The van der Waals surface area contributed by atoms with Gasteiger partial charge in [0.05, 0.1) is 6.04 Å². The number of carbonyl (C=O) groups excluding carboxylic acids is 1. The van der Waals surface area contributed by atoms with Gasteiger partial charge in [-0.05, 0) is 50.0 Å². The fraction of sp³-hybridized carbons (Fsp3) is 0.759. The Morgan fingerprint density at radius 2 is 1.76 bits per heavy atom. The monoisotopic (exact) mass is 520 g/mol. The number of ether oxygens (including phenoxy) is 4. The summed E-state index contributed by atoms with van der Waals surface area (Å²) in [6.45, 7) is 11.5. The molecule has 0 bridgehead atoms. The number of nitrogens with one attached hydrogen (secondary N) is 1. The number of hydrogen-bond donors (Lipinski definition) is 2. The lowest BCUT2D eigenvalue weighted by Gasteiger charge is -2.33. The maximum Gasteiger partial charge on any atom is 0.220 e. The number of unbranched alkanes of at least 4 members (excludes halogenated alkanes) is 4. The van der Waals surface area contributed by atoms with Gasteiger partial charge < -0.3 is 34.3 Å². The van der Waals surface area contributed by atoms with Crippen molar-refractivity contribution < 1.29 is 28.8 Å². The quantitative estimate of drug-likeness (QED) is 0.254. The summed E-state index contributed by atoms with van der Waals surface area (Å²) in [6, 6.07) is 5.52. The van der Waals surface area contributed by atoms with Crippen molar-refractivity contribution in [2.24, 2.45) is 5.41 Å². The Morgan fingerprint density at radius 3 is 2.46 bits per heavy atom. The first-order valence-electron chi connectivity index (χ1n) is 14.1. The molecule has 1 aromatic rings. The highest BCUT2D eigenvalue weighted by Crippen LogP contribution is 2.35. The summed E-state index contributed by atoms with van der Waals surface area (Å²) in [5.74, 6) is 1.43. The third-order valence-corrected chi connectivity index (χ3v) is 6.98. The van der Waals surface area contributed by atoms with Crippen molar-refractivity contribution >= 4 is 5.91 Å². The number of hydrogen-bond acceptors (Lipinski definition) is 7. The van der Waals surface area contributed by atoms with Crippen molar-refractivity contribution in [3.8, 4) is 11.5 Å². The lowest BCUT2D eigenvalue weighted by molar-refractivity contribution is -0.223. The Hall–Kier alpha value is -1.87. The van der Waals surface area contributed by atoms with Gasteiger partial charge >= 0.3 is 0 Å². The summed E-state index contributed by atoms with van der Waals surface area (Å²) < 4.78 is 23.5. The largest absolute Gasteiger partial charge is 0.486 e. The lowest BCUT2D eigenvalue weighted by Crippen LogP contribution is -2.47. The van der Waals surface area contributed by atoms with Crippen molar-refractivity contribution in [2.45, 2.75) is 97.5 Å². The number of amides is 1. The van der Waals surface area contributed by atoms with Gasteiger partial charge in [-0.2, -0.15) is 0 Å². The van der Waals surface area contributed by atoms with Gasteiger partial charge in [-0.25, -0.2) is 0 Å². The van der Waals surface area contributed by atoms with E-state index in [1.807, 2.05) is 39.0 Å². The fourth-order valence-electron chi connectivity index (χ4n) is 4.74. The molecule has 1 fully saturated rings. The zero-order chi connectivity index (χ0) is 26.7. The molecular formula is C29H48N2O6. The van der Waals surface area contributed by atoms with Crippen LogP contribution in [-0.2, 0) is 14.3 Å². The van der Waals surface area contributed by atoms with E-state index in [9.17, 15) is 9.90 Å². The normalized spacial score (nSPS) is 18.4. The van der Waals surface area contributed by atoms with Crippen LogP contribution in [0.3, 0.4) is 0 Å². The highest BCUT2D eigenvalue weighted by Gasteiger charge is 2.31. The van der Waals surface area contributed by atoms with E-state index in [-0.39, 0.29) is 18.7 Å². The minimum absolute atomic E-state index is 0.0440. The molecule has 8 heteroatoms. The highest BCUT2D eigenvalue weighted by atomic mass is 16.7. The maximum atomic E-state index is 13.0. The second kappa shape index (κ2) is 14.9. The first-order valence-corrected chi connectivity index (χ1v) is 14.1. The van der Waals surface area contributed by atoms with Gasteiger partial charge in [0.1, 0.15) is 19.3 Å². The van der Waals surface area contributed by atoms with E-state index >= 15 is 0 Å². The SMILES string of the molecule is CCCCCCCC(=O)N[C@H](CN1CCCC1)[C@H](OCOC(O)C(C)(C)C)c1ccc2c(c1)OCCO2. The van der Waals surface area contributed by atoms with Crippen LogP contribution < -0.4 is 14.8 Å². The average Bonchev–Trinajstić information content (AvgIpc) is 3.38. The Bertz CT molecular complexity index is 821. The van der Waals surface area contributed by atoms with Crippen LogP contribution in [0.4, 0.5) is 0 Å². The summed E-state index contributed by atoms with van der Waals surface area (Å²) in [5, 5.41) is 13.7. The van der Waals surface area contributed by atoms with Gasteiger partial charge in [-0.15, -0.1) is 0 Å². The molecule has 0 aromatic heterocycles. The van der Waals surface area contributed by atoms with Crippen LogP contribution >= 0.6 is 0 Å². The molecule has 1 amide bonds. The van der Waals surface area contributed by atoms with Crippen LogP contribution in [0.2, 0.25) is 0 Å². The summed E-state index contributed by atoms with van der Waals surface area (Å²) in [7, 11) is 0. The first-order chi connectivity index (χ1) is 17.8. The molecule has 3 rings (SSSR count). The smallest absolute Gasteiger partial charge is 0.220 e. The van der Waals surface area contributed by atoms with Crippen molar-refractivity contribution in [1.29, 1.82) is 0 Å². The van der Waals surface area contributed by atoms with Gasteiger partial charge in [-0.1, -0.05) is 59.4 Å². The first kappa shape index (κ1) is 29.7. The maximum absolute atomic E-state index is 13.0. The van der Waals surface area contributed by atoms with Gasteiger partial charge in [0, 0.05) is 18.4 Å². The van der Waals surface area contributed by atoms with Gasteiger partial charge in [0.2, 0.25) is 5.91 Å². The van der Waals surface area contributed by atoms with E-state index in [4.69, 9.17) is 18.9 Å². The molecule has 210 valence electrons. The molecule has 1 saturated heterocycles. The standard InChI is InChI=1S/C29H48N2O6/c1-5-6-7-8-9-12-26(32)30-23(20-31-15-10-11-16-31)27(36-21-37-28(33)29(2,3)4)22-13-14-24-25(19-22)35-18-17-34-24/h13-14,19,23,27-28,33H,5-12,15-18,20-21H2,1-4H3,(H,30,32)/t23-,27-,28?/m1/s1. The molecule has 0 spiro atoms. The summed E-state index contributed by atoms with van der Waals surface area (Å²) in [5.41, 5.74) is 0.446. The zero-order valence-electron chi connectivity index (χ0n) is 23.3. The molecule has 0 aliphatic carbocycles. The number of likely N-dealkylation sites (tertiary alicyclic amines) is 1. The topological polar surface area (TPSA) is 89.5 Å². The molecule has 3 atom stereocenters. The molecule has 0 saturated carbocycles. The van der Waals surface area contributed by atoms with Crippen LogP contribution in [0.1, 0.15) is 90.7 Å². The van der Waals surface area contributed by atoms with E-state index < -0.39 is 17.8 Å². The van der Waals surface area contributed by atoms with Crippen molar-refractivity contribution in [3.63, 3.8) is 0 Å². The second-order valence-corrected chi connectivity index (χ2v) is 11.3. The number of carbonyl (C=O) groups is 1. The number of nitrogens with zero attached hydrogens (tertiary/aromatic N) is 1. The van der Waals surface area contributed by atoms with Gasteiger partial charge in [-0.3, -0.25) is 4.79 Å². The van der Waals surface area contributed by atoms with Gasteiger partial charge in [0.15, 0.2) is 24.6 Å². The molecule has 2 heterocycles. The number of rotatable bonds is 15. The summed E-state index contributed by atoms with van der Waals surface area (Å²) in [4.78, 5) is 15.4. The van der Waals surface area contributed by atoms with E-state index in [1.54, 1.807) is 0 Å². The van der Waals surface area contributed by atoms with Crippen LogP contribution in [0.15, 0.2) is 18.2 Å². The minimum atomic E-state index is -0.969. The van der Waals surface area contributed by atoms with Gasteiger partial charge in [0.25, 0.3) is 0 Å². The highest BCUT2D eigenvalue weighted by molar-refractivity contribution is 5.76. The molecule has 2 aliphatic heterocycles. The zero-order valence-corrected chi connectivity index (χ0v) is 23.3. The van der Waals surface area contributed by atoms with Crippen LogP contribution in [-0.4, -0.2) is 67.9 Å². The number of fused-ring (bicyclic) bond motifs is 1. The Morgan fingerprint density at radius 1 is 1.05 bits per heavy atom. The molecule has 1 aromatic carbocycles. The molecule has 8 nitrogen and oxygen atoms in total. The molecule has 2 aliphatic rings. The van der Waals surface area contributed by atoms with Crippen LogP contribution in [0.5, 0.6) is 11.5 Å². The van der Waals surface area contributed by atoms with Crippen molar-refractivity contribution in [1.82, 2.24) is 10.2 Å². The third kappa shape index (κ3) is 9.74. The Kier molecular flexibility index (Phi) is 12.0. The van der Waals surface area contributed by atoms with Crippen LogP contribution in [0, 0.1) is 5.41 Å². The Labute approximate surface area is 223 Å². The summed E-state index contributed by atoms with van der Waals surface area (Å²) in [6.07, 6.45) is 6.89. The average molecular weight is 521 g/mol. The third-order valence-electron chi connectivity index (χ3n) is 6.98. The Balaban J connectivity index is 1.77. The molecule has 0 radical (unpaired) electrons. The predicted molar refractivity (Wildman–Crippen MR) is 144 cm³/mol. The molecular weight excluding hydrogens is 472 g/mol. The van der Waals surface area contributed by atoms with E-state index in [0.717, 1.165) is 50.8 Å². The fourth-order valence-corrected chi connectivity index (χ4v) is 4.74. The lowest BCUT2D eigenvalue weighted by atomic mass is 9.96. The number of aliphatic hydroxyl groups excluding tert-OH is 1. The van der Waals surface area contributed by atoms with Crippen molar-refractivity contribution in [3.05, 3.63) is 23.8 Å². The molecule has 2 N–H and O–H groups in total. The van der Waals surface area contributed by atoms with Crippen LogP contribution in [0.25, 0.3) is 0 Å². The van der Waals surface area contributed by atoms with E-state index in [2.05, 4.69) is 17.1 Å². The molecule has 37 heavy (non-hydrogen) atoms. The number of aliphatic hydroxyl groups is 1. The predicted octanol–water partition coefficient (Wildman–Crippen LogP) is 4.80. The molecule has 1 unspecified atom stereocenters. The number of benzene rings is 1. The van der Waals surface area contributed by atoms with Crippen molar-refractivity contribution in [2.75, 3.05) is 39.6 Å². The van der Waals surface area contributed by atoms with E-state index in [1.165, 1.54) is 12.8 Å². The minimum Gasteiger partial charge on any atom is -0.486 e. The second-order valence-electron chi connectivity index (χ2n) is 11.3.